The molecular weight excluding hydrogens is 220 g/mol. The molecule has 0 saturated carbocycles. The molecule has 0 fully saturated rings. The van der Waals surface area contributed by atoms with Crippen LogP contribution in [0.4, 0.5) is 0 Å². The first kappa shape index (κ1) is 14.4. The molecule has 0 aliphatic heterocycles. The summed E-state index contributed by atoms with van der Waals surface area (Å²) < 4.78 is 4.93. The summed E-state index contributed by atoms with van der Waals surface area (Å²) >= 11 is 5.27. The highest BCUT2D eigenvalue weighted by Gasteiger charge is 2.23. The minimum Gasteiger partial charge on any atom is -0.458 e. The van der Waals surface area contributed by atoms with Crippen LogP contribution in [-0.4, -0.2) is 34.4 Å². The third-order valence-electron chi connectivity index (χ3n) is 1.52. The van der Waals surface area contributed by atoms with Crippen LogP contribution in [0.2, 0.25) is 0 Å². The number of Topliss-reactive ketones (excluding diaryl/α,β-unsaturated/α-hetero) is 1. The fourth-order valence-electron chi connectivity index (χ4n) is 0.852. The summed E-state index contributed by atoms with van der Waals surface area (Å²) in [6.45, 7) is 5.13. The monoisotopic (exact) mass is 236 g/mol. The van der Waals surface area contributed by atoms with Crippen LogP contribution in [-0.2, 0) is 14.3 Å². The maximum absolute atomic E-state index is 11.2. The van der Waals surface area contributed by atoms with Gasteiger partial charge in [-0.05, 0) is 27.2 Å². The van der Waals surface area contributed by atoms with Gasteiger partial charge < -0.3 is 9.84 Å². The second-order valence-electron chi connectivity index (χ2n) is 4.26. The SMILES string of the molecule is CC(C)(C)OC(=O)[C@@H](O)CCC(=O)CCl. The summed E-state index contributed by atoms with van der Waals surface area (Å²) in [5, 5.41) is 9.36. The van der Waals surface area contributed by atoms with Gasteiger partial charge in [0.05, 0.1) is 5.88 Å². The Balaban J connectivity index is 3.95. The highest BCUT2D eigenvalue weighted by molar-refractivity contribution is 6.27. The van der Waals surface area contributed by atoms with Gasteiger partial charge in [-0.3, -0.25) is 4.79 Å². The van der Waals surface area contributed by atoms with E-state index in [9.17, 15) is 14.7 Å². The second-order valence-corrected chi connectivity index (χ2v) is 4.53. The van der Waals surface area contributed by atoms with Gasteiger partial charge in [-0.2, -0.15) is 0 Å². The lowest BCUT2D eigenvalue weighted by molar-refractivity contribution is -0.165. The average Bonchev–Trinajstić information content (AvgIpc) is 2.10. The van der Waals surface area contributed by atoms with E-state index in [0.29, 0.717) is 0 Å². The first-order valence-electron chi connectivity index (χ1n) is 4.75. The van der Waals surface area contributed by atoms with Gasteiger partial charge in [0, 0.05) is 6.42 Å². The molecule has 1 atom stereocenters. The maximum atomic E-state index is 11.2. The molecule has 0 saturated heterocycles. The molecule has 0 aromatic rings. The lowest BCUT2D eigenvalue weighted by Crippen LogP contribution is -2.32. The van der Waals surface area contributed by atoms with Gasteiger partial charge in [-0.1, -0.05) is 0 Å². The molecule has 1 N–H and O–H groups in total. The van der Waals surface area contributed by atoms with Crippen LogP contribution in [0.15, 0.2) is 0 Å². The Morgan fingerprint density at radius 3 is 2.33 bits per heavy atom. The molecule has 0 heterocycles. The van der Waals surface area contributed by atoms with Crippen molar-refractivity contribution in [2.75, 3.05) is 5.88 Å². The number of halogens is 1. The molecule has 5 heteroatoms. The molecule has 0 amide bonds. The number of aliphatic hydroxyl groups excluding tert-OH is 1. The van der Waals surface area contributed by atoms with Crippen LogP contribution < -0.4 is 0 Å². The predicted octanol–water partition coefficient (Wildman–Crippen LogP) is 1.28. The van der Waals surface area contributed by atoms with Crippen molar-refractivity contribution < 1.29 is 19.4 Å². The molecule has 0 unspecified atom stereocenters. The van der Waals surface area contributed by atoms with E-state index in [1.165, 1.54) is 0 Å². The Kier molecular flexibility index (Phi) is 5.83. The van der Waals surface area contributed by atoms with Crippen molar-refractivity contribution in [3.05, 3.63) is 0 Å². The van der Waals surface area contributed by atoms with Crippen molar-refractivity contribution in [1.82, 2.24) is 0 Å². The van der Waals surface area contributed by atoms with Crippen molar-refractivity contribution >= 4 is 23.4 Å². The number of ether oxygens (including phenoxy) is 1. The Hall–Kier alpha value is -0.610. The lowest BCUT2D eigenvalue weighted by atomic mass is 10.1. The van der Waals surface area contributed by atoms with Crippen LogP contribution in [0.3, 0.4) is 0 Å². The van der Waals surface area contributed by atoms with E-state index in [0.717, 1.165) is 0 Å². The van der Waals surface area contributed by atoms with E-state index < -0.39 is 17.7 Å². The summed E-state index contributed by atoms with van der Waals surface area (Å²) in [5.41, 5.74) is -0.630. The highest BCUT2D eigenvalue weighted by Crippen LogP contribution is 2.10. The quantitative estimate of drug-likeness (QED) is 0.577. The molecule has 0 radical (unpaired) electrons. The molecule has 0 aromatic carbocycles. The summed E-state index contributed by atoms with van der Waals surface area (Å²) in [6, 6.07) is 0. The first-order valence-corrected chi connectivity index (χ1v) is 5.28. The molecule has 0 rings (SSSR count). The Bertz CT molecular complexity index is 232. The van der Waals surface area contributed by atoms with Crippen LogP contribution >= 0.6 is 11.6 Å². The summed E-state index contributed by atoms with van der Waals surface area (Å²) in [5.74, 6) is -0.995. The van der Waals surface area contributed by atoms with E-state index in [1.54, 1.807) is 20.8 Å². The van der Waals surface area contributed by atoms with E-state index >= 15 is 0 Å². The number of carbonyl (C=O) groups excluding carboxylic acids is 2. The fourth-order valence-corrected chi connectivity index (χ4v) is 0.986. The number of esters is 1. The second kappa shape index (κ2) is 6.08. The van der Waals surface area contributed by atoms with Crippen LogP contribution in [0.5, 0.6) is 0 Å². The number of ketones is 1. The number of rotatable bonds is 5. The number of hydrogen-bond donors (Lipinski definition) is 1. The predicted molar refractivity (Wildman–Crippen MR) is 56.8 cm³/mol. The molecule has 0 aliphatic rings. The minimum atomic E-state index is -1.25. The zero-order valence-corrected chi connectivity index (χ0v) is 10.0. The normalized spacial score (nSPS) is 13.4. The topological polar surface area (TPSA) is 63.6 Å². The van der Waals surface area contributed by atoms with Crippen LogP contribution in [0.25, 0.3) is 0 Å². The molecule has 4 nitrogen and oxygen atoms in total. The van der Waals surface area contributed by atoms with Gasteiger partial charge in [-0.15, -0.1) is 11.6 Å². The van der Waals surface area contributed by atoms with Crippen molar-refractivity contribution in [2.45, 2.75) is 45.3 Å². The van der Waals surface area contributed by atoms with Crippen molar-refractivity contribution in [1.29, 1.82) is 0 Å². The molecule has 15 heavy (non-hydrogen) atoms. The minimum absolute atomic E-state index is 0.0560. The van der Waals surface area contributed by atoms with E-state index in [1.807, 2.05) is 0 Å². The summed E-state index contributed by atoms with van der Waals surface area (Å²) in [6.07, 6.45) is -1.11. The van der Waals surface area contributed by atoms with Gasteiger partial charge in [0.2, 0.25) is 0 Å². The van der Waals surface area contributed by atoms with Crippen LogP contribution in [0.1, 0.15) is 33.6 Å². The van der Waals surface area contributed by atoms with Crippen molar-refractivity contribution in [2.24, 2.45) is 0 Å². The molecule has 0 bridgehead atoms. The zero-order chi connectivity index (χ0) is 12.1. The standard InChI is InChI=1S/C10H17ClO4/c1-10(2,3)15-9(14)8(13)5-4-7(12)6-11/h8,13H,4-6H2,1-3H3/t8-/m0/s1. The number of hydrogen-bond acceptors (Lipinski definition) is 4. The highest BCUT2D eigenvalue weighted by atomic mass is 35.5. The number of aliphatic hydroxyl groups is 1. The fraction of sp³-hybridized carbons (Fsp3) is 0.800. The smallest absolute Gasteiger partial charge is 0.335 e. The average molecular weight is 237 g/mol. The lowest BCUT2D eigenvalue weighted by Gasteiger charge is -2.21. The van der Waals surface area contributed by atoms with Crippen molar-refractivity contribution in [3.8, 4) is 0 Å². The van der Waals surface area contributed by atoms with Gasteiger partial charge in [-0.25, -0.2) is 4.79 Å². The van der Waals surface area contributed by atoms with Gasteiger partial charge in [0.25, 0.3) is 0 Å². The maximum Gasteiger partial charge on any atom is 0.335 e. The molecule has 0 aliphatic carbocycles. The summed E-state index contributed by atoms with van der Waals surface area (Å²) in [4.78, 5) is 22.1. The Morgan fingerprint density at radius 1 is 1.40 bits per heavy atom. The number of alkyl halides is 1. The number of carbonyl (C=O) groups is 2. The zero-order valence-electron chi connectivity index (χ0n) is 9.25. The van der Waals surface area contributed by atoms with E-state index in [-0.39, 0.29) is 24.5 Å². The molecule has 88 valence electrons. The molecule has 0 aromatic heterocycles. The third-order valence-corrected chi connectivity index (χ3v) is 1.82. The first-order chi connectivity index (χ1) is 6.76. The largest absolute Gasteiger partial charge is 0.458 e. The van der Waals surface area contributed by atoms with Crippen LogP contribution in [0, 0.1) is 0 Å². The molecular formula is C10H17ClO4. The summed E-state index contributed by atoms with van der Waals surface area (Å²) in [7, 11) is 0. The van der Waals surface area contributed by atoms with Gasteiger partial charge in [0.15, 0.2) is 6.10 Å². The van der Waals surface area contributed by atoms with E-state index in [4.69, 9.17) is 16.3 Å². The Morgan fingerprint density at radius 2 is 1.93 bits per heavy atom. The third kappa shape index (κ3) is 7.33. The van der Waals surface area contributed by atoms with Gasteiger partial charge >= 0.3 is 5.97 Å². The van der Waals surface area contributed by atoms with Crippen molar-refractivity contribution in [3.63, 3.8) is 0 Å². The molecule has 0 spiro atoms. The Labute approximate surface area is 94.6 Å². The van der Waals surface area contributed by atoms with E-state index in [2.05, 4.69) is 0 Å². The van der Waals surface area contributed by atoms with Gasteiger partial charge in [0.1, 0.15) is 11.4 Å².